The lowest BCUT2D eigenvalue weighted by molar-refractivity contribution is -0.138. The van der Waals surface area contributed by atoms with Gasteiger partial charge in [0.2, 0.25) is 11.8 Å². The molecule has 0 saturated carbocycles. The third-order valence-corrected chi connectivity index (χ3v) is 4.68. The van der Waals surface area contributed by atoms with Gasteiger partial charge in [0.1, 0.15) is 6.04 Å². The number of amides is 3. The molecule has 2 aromatic carbocycles. The van der Waals surface area contributed by atoms with E-state index in [1.807, 2.05) is 56.3 Å². The molecule has 0 aliphatic rings. The first kappa shape index (κ1) is 22.3. The summed E-state index contributed by atoms with van der Waals surface area (Å²) in [4.78, 5) is 36.4. The Morgan fingerprint density at radius 3 is 2.24 bits per heavy atom. The number of rotatable bonds is 9. The van der Waals surface area contributed by atoms with E-state index in [1.165, 1.54) is 5.48 Å². The van der Waals surface area contributed by atoms with Crippen molar-refractivity contribution in [2.24, 2.45) is 11.8 Å². The molecular weight excluding hydrogens is 374 g/mol. The summed E-state index contributed by atoms with van der Waals surface area (Å²) in [5.74, 6) is -2.50. The van der Waals surface area contributed by atoms with E-state index in [4.69, 9.17) is 10.4 Å². The van der Waals surface area contributed by atoms with Crippen molar-refractivity contribution in [3.05, 3.63) is 48.0 Å². The summed E-state index contributed by atoms with van der Waals surface area (Å²) in [6, 6.07) is 12.5. The third kappa shape index (κ3) is 6.55. The number of carbonyl (C=O) groups excluding carboxylic acids is 3. The van der Waals surface area contributed by atoms with Gasteiger partial charge in [0.25, 0.3) is 5.91 Å². The zero-order valence-corrected chi connectivity index (χ0v) is 16.5. The lowest BCUT2D eigenvalue weighted by atomic mass is 9.92. The maximum atomic E-state index is 12.7. The standard InChI is InChI=1S/C21H27N3O5/c1-13(2)9-17(12-19(25)23-28)20(26)22-18(21(27)24-29)11-14-7-8-15-5-3-4-6-16(15)10-14/h3-8,10,13,17-18,28-29H,9,11-12H2,1-2H3,(H,22,26)(H,23,25)(H,24,27)/t17-,18+/m0/s1. The lowest BCUT2D eigenvalue weighted by Crippen LogP contribution is -2.49. The predicted octanol–water partition coefficient (Wildman–Crippen LogP) is 1.93. The maximum absolute atomic E-state index is 12.7. The Hall–Kier alpha value is -2.97. The molecule has 2 aromatic rings. The van der Waals surface area contributed by atoms with Crippen molar-refractivity contribution >= 4 is 28.5 Å². The second-order valence-corrected chi connectivity index (χ2v) is 7.49. The summed E-state index contributed by atoms with van der Waals surface area (Å²) < 4.78 is 0. The molecular formula is C21H27N3O5. The molecule has 0 radical (unpaired) electrons. The van der Waals surface area contributed by atoms with Gasteiger partial charge in [0, 0.05) is 18.8 Å². The second-order valence-electron chi connectivity index (χ2n) is 7.49. The second kappa shape index (κ2) is 10.5. The Balaban J connectivity index is 2.18. The highest BCUT2D eigenvalue weighted by Crippen LogP contribution is 2.19. The Morgan fingerprint density at radius 2 is 1.62 bits per heavy atom. The SMILES string of the molecule is CC(C)C[C@@H](CC(=O)NO)C(=O)N[C@H](Cc1ccc2ccccc2c1)C(=O)NO. The summed E-state index contributed by atoms with van der Waals surface area (Å²) in [6.07, 6.45) is 0.371. The number of hydrogen-bond donors (Lipinski definition) is 5. The first-order valence-electron chi connectivity index (χ1n) is 9.49. The first-order chi connectivity index (χ1) is 13.8. The molecule has 156 valence electrons. The van der Waals surface area contributed by atoms with Gasteiger partial charge in [-0.3, -0.25) is 24.8 Å². The first-order valence-corrected chi connectivity index (χ1v) is 9.49. The van der Waals surface area contributed by atoms with Crippen molar-refractivity contribution < 1.29 is 24.8 Å². The van der Waals surface area contributed by atoms with Gasteiger partial charge in [0.15, 0.2) is 0 Å². The van der Waals surface area contributed by atoms with Crippen LogP contribution >= 0.6 is 0 Å². The number of hydroxylamine groups is 2. The van der Waals surface area contributed by atoms with E-state index in [2.05, 4.69) is 5.32 Å². The minimum absolute atomic E-state index is 0.128. The average Bonchev–Trinajstić information content (AvgIpc) is 2.71. The molecule has 0 saturated heterocycles. The van der Waals surface area contributed by atoms with Crippen LogP contribution in [0.25, 0.3) is 10.8 Å². The molecule has 0 unspecified atom stereocenters. The van der Waals surface area contributed by atoms with Crippen LogP contribution in [0.1, 0.15) is 32.3 Å². The van der Waals surface area contributed by atoms with Gasteiger partial charge in [-0.25, -0.2) is 11.0 Å². The van der Waals surface area contributed by atoms with Crippen LogP contribution in [0.4, 0.5) is 0 Å². The normalized spacial score (nSPS) is 13.0. The van der Waals surface area contributed by atoms with Crippen molar-refractivity contribution in [3.63, 3.8) is 0 Å². The van der Waals surface area contributed by atoms with Crippen LogP contribution < -0.4 is 16.3 Å². The van der Waals surface area contributed by atoms with E-state index in [1.54, 1.807) is 5.48 Å². The maximum Gasteiger partial charge on any atom is 0.266 e. The fourth-order valence-corrected chi connectivity index (χ4v) is 3.30. The number of benzene rings is 2. The molecule has 0 bridgehead atoms. The van der Waals surface area contributed by atoms with E-state index >= 15 is 0 Å². The van der Waals surface area contributed by atoms with Gasteiger partial charge in [-0.05, 0) is 28.7 Å². The van der Waals surface area contributed by atoms with Gasteiger partial charge >= 0.3 is 0 Å². The fourth-order valence-electron chi connectivity index (χ4n) is 3.30. The molecule has 2 atom stereocenters. The van der Waals surface area contributed by atoms with Gasteiger partial charge in [-0.2, -0.15) is 0 Å². The Kier molecular flexibility index (Phi) is 8.11. The predicted molar refractivity (Wildman–Crippen MR) is 107 cm³/mol. The Labute approximate surface area is 169 Å². The molecule has 0 fully saturated rings. The summed E-state index contributed by atoms with van der Waals surface area (Å²) in [7, 11) is 0. The topological polar surface area (TPSA) is 128 Å². The number of carbonyl (C=O) groups is 3. The molecule has 0 aliphatic carbocycles. The molecule has 0 spiro atoms. The Bertz CT molecular complexity index is 868. The minimum Gasteiger partial charge on any atom is -0.344 e. The summed E-state index contributed by atoms with van der Waals surface area (Å²) in [5, 5.41) is 22.5. The van der Waals surface area contributed by atoms with Crippen molar-refractivity contribution in [1.82, 2.24) is 16.3 Å². The van der Waals surface area contributed by atoms with Gasteiger partial charge in [-0.1, -0.05) is 56.3 Å². The van der Waals surface area contributed by atoms with Crippen LogP contribution in [0.5, 0.6) is 0 Å². The summed E-state index contributed by atoms with van der Waals surface area (Å²) in [5.41, 5.74) is 3.93. The highest BCUT2D eigenvalue weighted by molar-refractivity contribution is 5.90. The smallest absolute Gasteiger partial charge is 0.266 e. The van der Waals surface area contributed by atoms with E-state index in [9.17, 15) is 14.4 Å². The van der Waals surface area contributed by atoms with Crippen molar-refractivity contribution in [3.8, 4) is 0 Å². The highest BCUT2D eigenvalue weighted by Gasteiger charge is 2.28. The molecule has 3 amide bonds. The van der Waals surface area contributed by atoms with Crippen molar-refractivity contribution in [2.45, 2.75) is 39.2 Å². The third-order valence-electron chi connectivity index (χ3n) is 4.68. The molecule has 8 nitrogen and oxygen atoms in total. The lowest BCUT2D eigenvalue weighted by Gasteiger charge is -2.22. The van der Waals surface area contributed by atoms with Crippen LogP contribution in [0.15, 0.2) is 42.5 Å². The minimum atomic E-state index is -1.01. The van der Waals surface area contributed by atoms with E-state index in [0.717, 1.165) is 16.3 Å². The monoisotopic (exact) mass is 401 g/mol. The fraction of sp³-hybridized carbons (Fsp3) is 0.381. The van der Waals surface area contributed by atoms with E-state index < -0.39 is 29.7 Å². The van der Waals surface area contributed by atoms with Crippen molar-refractivity contribution in [2.75, 3.05) is 0 Å². The van der Waals surface area contributed by atoms with Crippen LogP contribution in [-0.4, -0.2) is 34.2 Å². The molecule has 8 heteroatoms. The van der Waals surface area contributed by atoms with E-state index in [0.29, 0.717) is 6.42 Å². The van der Waals surface area contributed by atoms with E-state index in [-0.39, 0.29) is 18.8 Å². The number of fused-ring (bicyclic) bond motifs is 1. The van der Waals surface area contributed by atoms with Gasteiger partial charge < -0.3 is 5.32 Å². The zero-order valence-electron chi connectivity index (χ0n) is 16.5. The molecule has 0 aliphatic heterocycles. The van der Waals surface area contributed by atoms with Crippen LogP contribution in [0.2, 0.25) is 0 Å². The molecule has 2 rings (SSSR count). The molecule has 5 N–H and O–H groups in total. The van der Waals surface area contributed by atoms with Crippen LogP contribution in [0, 0.1) is 11.8 Å². The number of nitrogens with one attached hydrogen (secondary N) is 3. The summed E-state index contributed by atoms with van der Waals surface area (Å²) >= 11 is 0. The zero-order chi connectivity index (χ0) is 21.4. The summed E-state index contributed by atoms with van der Waals surface area (Å²) in [6.45, 7) is 3.81. The Morgan fingerprint density at radius 1 is 0.931 bits per heavy atom. The molecule has 0 heterocycles. The average molecular weight is 401 g/mol. The quantitative estimate of drug-likeness (QED) is 0.324. The highest BCUT2D eigenvalue weighted by atomic mass is 16.5. The van der Waals surface area contributed by atoms with Crippen LogP contribution in [-0.2, 0) is 20.8 Å². The largest absolute Gasteiger partial charge is 0.344 e. The molecule has 0 aromatic heterocycles. The van der Waals surface area contributed by atoms with Crippen LogP contribution in [0.3, 0.4) is 0 Å². The van der Waals surface area contributed by atoms with Crippen molar-refractivity contribution in [1.29, 1.82) is 0 Å². The molecule has 29 heavy (non-hydrogen) atoms. The van der Waals surface area contributed by atoms with Gasteiger partial charge in [0.05, 0.1) is 0 Å². The number of hydrogen-bond acceptors (Lipinski definition) is 5. The van der Waals surface area contributed by atoms with Gasteiger partial charge in [-0.15, -0.1) is 0 Å².